The van der Waals surface area contributed by atoms with Crippen molar-refractivity contribution in [3.63, 3.8) is 0 Å². The number of rotatable bonds is 5. The monoisotopic (exact) mass is 313 g/mol. The third kappa shape index (κ3) is 4.37. The van der Waals surface area contributed by atoms with Gasteiger partial charge in [0, 0.05) is 6.07 Å². The molecule has 1 aromatic carbocycles. The average molecular weight is 313 g/mol. The molecule has 0 unspecified atom stereocenters. The van der Waals surface area contributed by atoms with Crippen molar-refractivity contribution in [2.45, 2.75) is 12.8 Å². The molecule has 9 heteroatoms. The van der Waals surface area contributed by atoms with Crippen molar-refractivity contribution >= 4 is 7.32 Å². The van der Waals surface area contributed by atoms with E-state index < -0.39 is 24.9 Å². The highest BCUT2D eigenvalue weighted by Crippen LogP contribution is 2.36. The van der Waals surface area contributed by atoms with Crippen LogP contribution in [0.4, 0.5) is 13.2 Å². The lowest BCUT2D eigenvalue weighted by Gasteiger charge is -2.14. The van der Waals surface area contributed by atoms with Gasteiger partial charge in [-0.3, -0.25) is 0 Å². The zero-order valence-electron chi connectivity index (χ0n) is 11.1. The van der Waals surface area contributed by atoms with Gasteiger partial charge in [0.2, 0.25) is 0 Å². The highest BCUT2D eigenvalue weighted by Gasteiger charge is 2.37. The minimum absolute atomic E-state index is 0.100. The average Bonchev–Trinajstić information content (AvgIpc) is 2.44. The summed E-state index contributed by atoms with van der Waals surface area (Å²) in [7, 11) is -2.17. The molecular formula is C13H11BF3NO4. The Labute approximate surface area is 124 Å². The molecule has 2 N–H and O–H groups in total. The quantitative estimate of drug-likeness (QED) is 0.827. The number of hydrogen-bond donors (Lipinski definition) is 2. The van der Waals surface area contributed by atoms with E-state index in [-0.39, 0.29) is 12.4 Å². The third-order valence-corrected chi connectivity index (χ3v) is 2.57. The molecule has 0 spiro atoms. The molecule has 0 amide bonds. The van der Waals surface area contributed by atoms with Crippen molar-refractivity contribution < 1.29 is 32.6 Å². The van der Waals surface area contributed by atoms with E-state index in [1.54, 1.807) is 30.3 Å². The molecular weight excluding hydrogens is 302 g/mol. The van der Waals surface area contributed by atoms with Gasteiger partial charge in [0.1, 0.15) is 12.4 Å². The van der Waals surface area contributed by atoms with Crippen LogP contribution in [-0.4, -0.2) is 22.4 Å². The van der Waals surface area contributed by atoms with Crippen LogP contribution in [0.15, 0.2) is 42.6 Å². The molecule has 2 rings (SSSR count). The summed E-state index contributed by atoms with van der Waals surface area (Å²) in [6.45, 7) is -0.100. The molecule has 0 fully saturated rings. The van der Waals surface area contributed by atoms with E-state index in [1.807, 2.05) is 0 Å². The van der Waals surface area contributed by atoms with E-state index in [2.05, 4.69) is 9.64 Å². The first-order valence-corrected chi connectivity index (χ1v) is 6.13. The Morgan fingerprint density at radius 2 is 1.82 bits per heavy atom. The van der Waals surface area contributed by atoms with Crippen LogP contribution in [0.5, 0.6) is 11.5 Å². The van der Waals surface area contributed by atoms with Crippen LogP contribution >= 0.6 is 0 Å². The van der Waals surface area contributed by atoms with Crippen molar-refractivity contribution in [1.29, 1.82) is 0 Å². The zero-order chi connectivity index (χ0) is 16.2. The number of halogens is 3. The van der Waals surface area contributed by atoms with Crippen LogP contribution < -0.4 is 9.39 Å². The van der Waals surface area contributed by atoms with Gasteiger partial charge in [0.05, 0.1) is 6.20 Å². The maximum Gasteiger partial charge on any atom is 0.707 e. The van der Waals surface area contributed by atoms with Gasteiger partial charge in [-0.15, -0.1) is 0 Å². The molecule has 0 saturated heterocycles. The van der Waals surface area contributed by atoms with Crippen LogP contribution in [0.3, 0.4) is 0 Å². The molecule has 0 aliphatic heterocycles. The molecule has 5 nitrogen and oxygen atoms in total. The number of benzene rings is 1. The molecule has 0 aliphatic rings. The fourth-order valence-corrected chi connectivity index (χ4v) is 1.67. The number of ether oxygens (including phenoxy) is 1. The van der Waals surface area contributed by atoms with E-state index in [4.69, 9.17) is 14.8 Å². The summed E-state index contributed by atoms with van der Waals surface area (Å²) in [5.41, 5.74) is -0.549. The lowest BCUT2D eigenvalue weighted by atomic mass is 10.2. The first-order chi connectivity index (χ1) is 10.4. The fraction of sp³-hybridized carbons (Fsp3) is 0.154. The lowest BCUT2D eigenvalue weighted by molar-refractivity contribution is -0.142. The van der Waals surface area contributed by atoms with Gasteiger partial charge in [0.25, 0.3) is 0 Å². The highest BCUT2D eigenvalue weighted by molar-refractivity contribution is 6.33. The SMILES string of the molecule is OB(O)Oc1cnc(C(F)(F)F)c(OCc2ccccc2)c1. The summed E-state index contributed by atoms with van der Waals surface area (Å²) >= 11 is 0. The Balaban J connectivity index is 2.25. The second kappa shape index (κ2) is 6.67. The van der Waals surface area contributed by atoms with Gasteiger partial charge >= 0.3 is 13.5 Å². The van der Waals surface area contributed by atoms with E-state index in [0.29, 0.717) is 5.56 Å². The minimum atomic E-state index is -4.71. The van der Waals surface area contributed by atoms with Gasteiger partial charge in [-0.1, -0.05) is 30.3 Å². The van der Waals surface area contributed by atoms with Crippen LogP contribution in [0.1, 0.15) is 11.3 Å². The smallest absolute Gasteiger partial charge is 0.511 e. The summed E-state index contributed by atoms with van der Waals surface area (Å²) in [4.78, 5) is 3.22. The normalized spacial score (nSPS) is 11.1. The molecule has 1 heterocycles. The number of pyridine rings is 1. The molecule has 116 valence electrons. The Morgan fingerprint density at radius 3 is 2.41 bits per heavy atom. The Bertz CT molecular complexity index is 622. The van der Waals surface area contributed by atoms with Crippen molar-refractivity contribution in [2.75, 3.05) is 0 Å². The second-order valence-corrected chi connectivity index (χ2v) is 4.23. The standard InChI is InChI=1S/C13H11BF3NO4/c15-13(16,17)12-11(6-10(7-18-12)22-14(19)20)21-8-9-4-2-1-3-5-9/h1-7,19-20H,8H2. The first-order valence-electron chi connectivity index (χ1n) is 6.13. The van der Waals surface area contributed by atoms with Gasteiger partial charge in [-0.2, -0.15) is 13.2 Å². The van der Waals surface area contributed by atoms with Crippen LogP contribution in [0.2, 0.25) is 0 Å². The van der Waals surface area contributed by atoms with Crippen LogP contribution in [0.25, 0.3) is 0 Å². The predicted octanol–water partition coefficient (Wildman–Crippen LogP) is 2.03. The number of nitrogens with zero attached hydrogens (tertiary/aromatic N) is 1. The van der Waals surface area contributed by atoms with Crippen LogP contribution in [0, 0.1) is 0 Å². The molecule has 2 aromatic rings. The van der Waals surface area contributed by atoms with Crippen LogP contribution in [-0.2, 0) is 12.8 Å². The molecule has 0 aliphatic carbocycles. The highest BCUT2D eigenvalue weighted by atomic mass is 19.4. The minimum Gasteiger partial charge on any atom is -0.511 e. The lowest BCUT2D eigenvalue weighted by Crippen LogP contribution is -2.21. The maximum absolute atomic E-state index is 12.9. The molecule has 0 bridgehead atoms. The zero-order valence-corrected chi connectivity index (χ0v) is 11.1. The third-order valence-electron chi connectivity index (χ3n) is 2.57. The van der Waals surface area contributed by atoms with Crippen molar-refractivity contribution in [2.24, 2.45) is 0 Å². The van der Waals surface area contributed by atoms with Gasteiger partial charge < -0.3 is 19.4 Å². The molecule has 1 aromatic heterocycles. The Hall–Kier alpha value is -2.26. The van der Waals surface area contributed by atoms with E-state index in [0.717, 1.165) is 12.3 Å². The number of aromatic nitrogens is 1. The Morgan fingerprint density at radius 1 is 1.14 bits per heavy atom. The summed E-state index contributed by atoms with van der Waals surface area (Å²) < 4.78 is 48.3. The number of hydrogen-bond acceptors (Lipinski definition) is 5. The summed E-state index contributed by atoms with van der Waals surface area (Å²) in [5.74, 6) is -0.819. The molecule has 0 saturated carbocycles. The predicted molar refractivity (Wildman–Crippen MR) is 70.8 cm³/mol. The van der Waals surface area contributed by atoms with E-state index in [9.17, 15) is 13.2 Å². The molecule has 22 heavy (non-hydrogen) atoms. The summed E-state index contributed by atoms with van der Waals surface area (Å²) in [6.07, 6.45) is -3.97. The van der Waals surface area contributed by atoms with E-state index >= 15 is 0 Å². The van der Waals surface area contributed by atoms with Gasteiger partial charge in [-0.25, -0.2) is 4.98 Å². The first kappa shape index (κ1) is 16.1. The van der Waals surface area contributed by atoms with Crippen molar-refractivity contribution in [3.05, 3.63) is 53.9 Å². The van der Waals surface area contributed by atoms with Crippen molar-refractivity contribution in [3.8, 4) is 11.5 Å². The second-order valence-electron chi connectivity index (χ2n) is 4.23. The number of alkyl halides is 3. The summed E-state index contributed by atoms with van der Waals surface area (Å²) in [6, 6.07) is 9.51. The maximum atomic E-state index is 12.9. The van der Waals surface area contributed by atoms with Gasteiger partial charge in [-0.05, 0) is 5.56 Å². The Kier molecular flexibility index (Phi) is 4.89. The fourth-order valence-electron chi connectivity index (χ4n) is 1.67. The topological polar surface area (TPSA) is 71.8 Å². The van der Waals surface area contributed by atoms with Crippen molar-refractivity contribution in [1.82, 2.24) is 4.98 Å². The van der Waals surface area contributed by atoms with E-state index in [1.165, 1.54) is 0 Å². The molecule has 0 atom stereocenters. The molecule has 0 radical (unpaired) electrons. The summed E-state index contributed by atoms with van der Waals surface area (Å²) in [5, 5.41) is 17.4. The van der Waals surface area contributed by atoms with Gasteiger partial charge in [0.15, 0.2) is 11.4 Å². The largest absolute Gasteiger partial charge is 0.707 e.